The SMILES string of the molecule is CCc1ccc(CS(=O)(=O)N2C[C@@H](C)[C@H](C(=O)O)C2)cc1. The van der Waals surface area contributed by atoms with Gasteiger partial charge in [-0.1, -0.05) is 38.1 Å². The van der Waals surface area contributed by atoms with Gasteiger partial charge in [-0.3, -0.25) is 4.79 Å². The third-order valence-corrected chi connectivity index (χ3v) is 5.85. The summed E-state index contributed by atoms with van der Waals surface area (Å²) in [6.07, 6.45) is 0.914. The minimum atomic E-state index is -3.46. The highest BCUT2D eigenvalue weighted by molar-refractivity contribution is 7.88. The van der Waals surface area contributed by atoms with Crippen molar-refractivity contribution in [2.75, 3.05) is 13.1 Å². The number of nitrogens with zero attached hydrogens (tertiary/aromatic N) is 1. The molecule has 5 nitrogen and oxygen atoms in total. The van der Waals surface area contributed by atoms with E-state index in [2.05, 4.69) is 0 Å². The summed E-state index contributed by atoms with van der Waals surface area (Å²) >= 11 is 0. The smallest absolute Gasteiger partial charge is 0.308 e. The van der Waals surface area contributed by atoms with Crippen molar-refractivity contribution in [1.82, 2.24) is 4.31 Å². The fourth-order valence-corrected chi connectivity index (χ4v) is 4.29. The zero-order chi connectivity index (χ0) is 15.6. The Labute approximate surface area is 125 Å². The van der Waals surface area contributed by atoms with E-state index in [0.717, 1.165) is 17.5 Å². The summed E-state index contributed by atoms with van der Waals surface area (Å²) in [4.78, 5) is 11.1. The number of aliphatic carboxylic acids is 1. The van der Waals surface area contributed by atoms with Crippen LogP contribution in [0.15, 0.2) is 24.3 Å². The van der Waals surface area contributed by atoms with Crippen LogP contribution in [0.2, 0.25) is 0 Å². The Bertz CT molecular complexity index is 609. The Kier molecular flexibility index (Phi) is 4.68. The molecule has 1 saturated heterocycles. The van der Waals surface area contributed by atoms with Gasteiger partial charge in [0.05, 0.1) is 11.7 Å². The number of rotatable bonds is 5. The van der Waals surface area contributed by atoms with Crippen LogP contribution in [0.1, 0.15) is 25.0 Å². The molecule has 0 unspecified atom stereocenters. The molecule has 0 aliphatic carbocycles. The highest BCUT2D eigenvalue weighted by Crippen LogP contribution is 2.27. The van der Waals surface area contributed by atoms with Crippen molar-refractivity contribution in [3.05, 3.63) is 35.4 Å². The highest BCUT2D eigenvalue weighted by Gasteiger charge is 2.39. The molecular weight excluding hydrogens is 290 g/mol. The van der Waals surface area contributed by atoms with Crippen molar-refractivity contribution < 1.29 is 18.3 Å². The molecule has 21 heavy (non-hydrogen) atoms. The molecule has 1 aromatic carbocycles. The standard InChI is InChI=1S/C15H21NO4S/c1-3-12-4-6-13(7-5-12)10-21(19,20)16-8-11(2)14(9-16)15(17)18/h4-7,11,14H,3,8-10H2,1-2H3,(H,17,18)/t11-,14-/m1/s1. The molecule has 1 heterocycles. The molecule has 1 aliphatic rings. The zero-order valence-corrected chi connectivity index (χ0v) is 13.1. The van der Waals surface area contributed by atoms with Crippen molar-refractivity contribution >= 4 is 16.0 Å². The van der Waals surface area contributed by atoms with Crippen LogP contribution < -0.4 is 0 Å². The van der Waals surface area contributed by atoms with E-state index in [1.54, 1.807) is 6.92 Å². The lowest BCUT2D eigenvalue weighted by Gasteiger charge is -2.16. The van der Waals surface area contributed by atoms with Crippen LogP contribution in [-0.4, -0.2) is 36.9 Å². The number of benzene rings is 1. The normalized spacial score (nSPS) is 23.3. The predicted molar refractivity (Wildman–Crippen MR) is 80.3 cm³/mol. The topological polar surface area (TPSA) is 74.7 Å². The van der Waals surface area contributed by atoms with E-state index in [9.17, 15) is 13.2 Å². The van der Waals surface area contributed by atoms with Gasteiger partial charge in [0.25, 0.3) is 0 Å². The first-order valence-corrected chi connectivity index (χ1v) is 8.73. The third-order valence-electron chi connectivity index (χ3n) is 4.07. The van der Waals surface area contributed by atoms with Crippen LogP contribution in [-0.2, 0) is 27.0 Å². The average Bonchev–Trinajstić information content (AvgIpc) is 2.82. The summed E-state index contributed by atoms with van der Waals surface area (Å²) in [5.41, 5.74) is 1.90. The van der Waals surface area contributed by atoms with Gasteiger partial charge in [-0.25, -0.2) is 12.7 Å². The Balaban J connectivity index is 2.10. The maximum Gasteiger partial charge on any atom is 0.308 e. The minimum Gasteiger partial charge on any atom is -0.481 e. The molecule has 116 valence electrons. The molecule has 1 fully saturated rings. The van der Waals surface area contributed by atoms with Crippen molar-refractivity contribution in [1.29, 1.82) is 0 Å². The summed E-state index contributed by atoms with van der Waals surface area (Å²) in [6, 6.07) is 7.50. The van der Waals surface area contributed by atoms with Crippen molar-refractivity contribution in [3.8, 4) is 0 Å². The minimum absolute atomic E-state index is 0.0734. The Morgan fingerprint density at radius 2 is 1.81 bits per heavy atom. The second-order valence-corrected chi connectivity index (χ2v) is 7.63. The van der Waals surface area contributed by atoms with Gasteiger partial charge in [-0.05, 0) is 23.5 Å². The molecule has 0 radical (unpaired) electrons. The quantitative estimate of drug-likeness (QED) is 0.898. The van der Waals surface area contributed by atoms with Crippen molar-refractivity contribution in [2.45, 2.75) is 26.0 Å². The molecule has 2 rings (SSSR count). The summed E-state index contributed by atoms with van der Waals surface area (Å²) in [6.45, 7) is 4.19. The largest absolute Gasteiger partial charge is 0.481 e. The van der Waals surface area contributed by atoms with Gasteiger partial charge in [-0.15, -0.1) is 0 Å². The number of aryl methyl sites for hydroxylation is 1. The number of hydrogen-bond donors (Lipinski definition) is 1. The molecule has 0 aromatic heterocycles. The maximum absolute atomic E-state index is 12.4. The van der Waals surface area contributed by atoms with E-state index < -0.39 is 21.9 Å². The number of hydrogen-bond acceptors (Lipinski definition) is 3. The lowest BCUT2D eigenvalue weighted by atomic mass is 9.99. The van der Waals surface area contributed by atoms with Gasteiger partial charge < -0.3 is 5.11 Å². The molecule has 0 saturated carbocycles. The number of carboxylic acid groups (broad SMARTS) is 1. The lowest BCUT2D eigenvalue weighted by molar-refractivity contribution is -0.142. The number of carboxylic acids is 1. The van der Waals surface area contributed by atoms with Crippen LogP contribution in [0.3, 0.4) is 0 Å². The fourth-order valence-electron chi connectivity index (χ4n) is 2.64. The molecule has 6 heteroatoms. The van der Waals surface area contributed by atoms with E-state index in [4.69, 9.17) is 5.11 Å². The van der Waals surface area contributed by atoms with Crippen molar-refractivity contribution in [2.24, 2.45) is 11.8 Å². The van der Waals surface area contributed by atoms with Gasteiger partial charge in [0.1, 0.15) is 0 Å². The third kappa shape index (κ3) is 3.63. The average molecular weight is 311 g/mol. The fraction of sp³-hybridized carbons (Fsp3) is 0.533. The van der Waals surface area contributed by atoms with Crippen LogP contribution >= 0.6 is 0 Å². The lowest BCUT2D eigenvalue weighted by Crippen LogP contribution is -2.31. The number of carbonyl (C=O) groups is 1. The highest BCUT2D eigenvalue weighted by atomic mass is 32.2. The first-order valence-electron chi connectivity index (χ1n) is 7.12. The van der Waals surface area contributed by atoms with Crippen LogP contribution in [0.25, 0.3) is 0 Å². The molecule has 1 aliphatic heterocycles. The molecule has 2 atom stereocenters. The Hall–Kier alpha value is -1.40. The molecule has 1 N–H and O–H groups in total. The second-order valence-electron chi connectivity index (χ2n) is 5.67. The monoisotopic (exact) mass is 311 g/mol. The van der Waals surface area contributed by atoms with Gasteiger partial charge in [0, 0.05) is 13.1 Å². The van der Waals surface area contributed by atoms with E-state index in [0.29, 0.717) is 0 Å². The van der Waals surface area contributed by atoms with Crippen LogP contribution in [0, 0.1) is 11.8 Å². The molecule has 0 spiro atoms. The van der Waals surface area contributed by atoms with Crippen LogP contribution in [0.4, 0.5) is 0 Å². The van der Waals surface area contributed by atoms with E-state index in [-0.39, 0.29) is 24.8 Å². The van der Waals surface area contributed by atoms with E-state index in [1.165, 1.54) is 4.31 Å². The summed E-state index contributed by atoms with van der Waals surface area (Å²) in [7, 11) is -3.46. The van der Waals surface area contributed by atoms with E-state index >= 15 is 0 Å². The molecule has 0 bridgehead atoms. The number of sulfonamides is 1. The second kappa shape index (κ2) is 6.15. The van der Waals surface area contributed by atoms with Gasteiger partial charge in [-0.2, -0.15) is 0 Å². The zero-order valence-electron chi connectivity index (χ0n) is 12.3. The van der Waals surface area contributed by atoms with E-state index in [1.807, 2.05) is 31.2 Å². The first kappa shape index (κ1) is 16.0. The molecular formula is C15H21NO4S. The van der Waals surface area contributed by atoms with Gasteiger partial charge in [0.15, 0.2) is 0 Å². The molecule has 1 aromatic rings. The van der Waals surface area contributed by atoms with Crippen LogP contribution in [0.5, 0.6) is 0 Å². The van der Waals surface area contributed by atoms with Gasteiger partial charge in [0.2, 0.25) is 10.0 Å². The molecule has 0 amide bonds. The maximum atomic E-state index is 12.4. The predicted octanol–water partition coefficient (Wildman–Crippen LogP) is 1.73. The van der Waals surface area contributed by atoms with Gasteiger partial charge >= 0.3 is 5.97 Å². The summed E-state index contributed by atoms with van der Waals surface area (Å²) in [5, 5.41) is 9.09. The van der Waals surface area contributed by atoms with Crippen molar-refractivity contribution in [3.63, 3.8) is 0 Å². The summed E-state index contributed by atoms with van der Waals surface area (Å²) in [5.74, 6) is -1.76. The summed E-state index contributed by atoms with van der Waals surface area (Å²) < 4.78 is 26.1. The Morgan fingerprint density at radius 1 is 1.24 bits per heavy atom. The Morgan fingerprint density at radius 3 is 2.29 bits per heavy atom. The first-order chi connectivity index (χ1) is 9.83.